The highest BCUT2D eigenvalue weighted by molar-refractivity contribution is 5.76. The van der Waals surface area contributed by atoms with Gasteiger partial charge in [-0.1, -0.05) is 12.1 Å². The highest BCUT2D eigenvalue weighted by atomic mass is 16.3. The van der Waals surface area contributed by atoms with Crippen LogP contribution in [-0.4, -0.2) is 36.1 Å². The fourth-order valence-corrected chi connectivity index (χ4v) is 2.39. The van der Waals surface area contributed by atoms with Crippen LogP contribution in [0.2, 0.25) is 0 Å². The quantitative estimate of drug-likeness (QED) is 0.845. The first-order chi connectivity index (χ1) is 8.63. The molecule has 1 aromatic carbocycles. The fraction of sp³-hybridized carbons (Fsp3) is 0.500. The molecule has 1 heterocycles. The van der Waals surface area contributed by atoms with Crippen LogP contribution >= 0.6 is 0 Å². The van der Waals surface area contributed by atoms with E-state index in [9.17, 15) is 9.90 Å². The van der Waals surface area contributed by atoms with Gasteiger partial charge in [0.2, 0.25) is 5.91 Å². The van der Waals surface area contributed by atoms with Crippen LogP contribution in [0.4, 0.5) is 0 Å². The zero-order valence-corrected chi connectivity index (χ0v) is 10.7. The van der Waals surface area contributed by atoms with Gasteiger partial charge in [-0.15, -0.1) is 0 Å². The molecule has 2 N–H and O–H groups in total. The van der Waals surface area contributed by atoms with Crippen molar-refractivity contribution in [3.05, 3.63) is 29.8 Å². The fourth-order valence-electron chi connectivity index (χ4n) is 2.39. The third-order valence-corrected chi connectivity index (χ3v) is 3.36. The molecule has 1 atom stereocenters. The van der Waals surface area contributed by atoms with Crippen LogP contribution in [0.3, 0.4) is 0 Å². The van der Waals surface area contributed by atoms with Crippen molar-refractivity contribution in [1.29, 1.82) is 0 Å². The van der Waals surface area contributed by atoms with E-state index in [2.05, 4.69) is 17.3 Å². The summed E-state index contributed by atoms with van der Waals surface area (Å²) in [6.07, 6.45) is 1.71. The summed E-state index contributed by atoms with van der Waals surface area (Å²) in [6, 6.07) is 6.97. The molecule has 1 aromatic rings. The minimum atomic E-state index is 0.0960. The van der Waals surface area contributed by atoms with Gasteiger partial charge < -0.3 is 15.3 Å². The van der Waals surface area contributed by atoms with E-state index >= 15 is 0 Å². The van der Waals surface area contributed by atoms with E-state index in [0.29, 0.717) is 18.9 Å². The Balaban J connectivity index is 1.75. The second kappa shape index (κ2) is 5.87. The summed E-state index contributed by atoms with van der Waals surface area (Å²) in [7, 11) is 2.09. The van der Waals surface area contributed by atoms with Gasteiger partial charge in [0.25, 0.3) is 0 Å². The number of carbonyl (C=O) groups excluding carboxylic acids is 1. The summed E-state index contributed by atoms with van der Waals surface area (Å²) in [5.74, 6) is 0.817. The van der Waals surface area contributed by atoms with Gasteiger partial charge in [0, 0.05) is 19.5 Å². The molecule has 0 saturated carbocycles. The molecule has 0 unspecified atom stereocenters. The molecule has 4 nitrogen and oxygen atoms in total. The Bertz CT molecular complexity index is 420. The lowest BCUT2D eigenvalue weighted by Gasteiger charge is -2.10. The molecule has 0 aliphatic carbocycles. The lowest BCUT2D eigenvalue weighted by molar-refractivity contribution is -0.122. The Hall–Kier alpha value is -1.55. The smallest absolute Gasteiger partial charge is 0.220 e. The number of nitrogens with zero attached hydrogens (tertiary/aromatic N) is 1. The first-order valence-corrected chi connectivity index (χ1v) is 6.36. The van der Waals surface area contributed by atoms with Crippen molar-refractivity contribution in [3.8, 4) is 5.75 Å². The van der Waals surface area contributed by atoms with Crippen LogP contribution in [0.15, 0.2) is 24.3 Å². The average molecular weight is 248 g/mol. The van der Waals surface area contributed by atoms with E-state index in [0.717, 1.165) is 25.1 Å². The molecule has 1 aliphatic rings. The van der Waals surface area contributed by atoms with Crippen molar-refractivity contribution in [2.24, 2.45) is 5.92 Å². The van der Waals surface area contributed by atoms with Crippen LogP contribution in [0.1, 0.15) is 18.4 Å². The van der Waals surface area contributed by atoms with Crippen LogP contribution in [0, 0.1) is 5.92 Å². The zero-order chi connectivity index (χ0) is 13.0. The molecule has 98 valence electrons. The van der Waals surface area contributed by atoms with Gasteiger partial charge in [-0.05, 0) is 43.6 Å². The second-order valence-electron chi connectivity index (χ2n) is 5.07. The Morgan fingerprint density at radius 1 is 1.56 bits per heavy atom. The normalized spacial score (nSPS) is 19.9. The van der Waals surface area contributed by atoms with E-state index < -0.39 is 0 Å². The van der Waals surface area contributed by atoms with Gasteiger partial charge in [-0.2, -0.15) is 0 Å². The maximum Gasteiger partial charge on any atom is 0.220 e. The van der Waals surface area contributed by atoms with Gasteiger partial charge in [0.15, 0.2) is 0 Å². The molecule has 2 rings (SSSR count). The van der Waals surface area contributed by atoms with Gasteiger partial charge in [0.1, 0.15) is 5.75 Å². The minimum Gasteiger partial charge on any atom is -0.508 e. The van der Waals surface area contributed by atoms with Crippen LogP contribution in [0.25, 0.3) is 0 Å². The minimum absolute atomic E-state index is 0.0960. The third kappa shape index (κ3) is 3.74. The highest BCUT2D eigenvalue weighted by Crippen LogP contribution is 2.17. The van der Waals surface area contributed by atoms with Crippen molar-refractivity contribution in [1.82, 2.24) is 10.2 Å². The SMILES string of the molecule is CN1CC[C@@H](CC(=O)NCc2cccc(O)c2)C1. The summed E-state index contributed by atoms with van der Waals surface area (Å²) in [5.41, 5.74) is 0.923. The summed E-state index contributed by atoms with van der Waals surface area (Å²) in [5, 5.41) is 12.2. The number of nitrogens with one attached hydrogen (secondary N) is 1. The number of hydrogen-bond acceptors (Lipinski definition) is 3. The molecule has 4 heteroatoms. The molecular formula is C14H20N2O2. The molecule has 0 radical (unpaired) electrons. The molecule has 1 amide bonds. The summed E-state index contributed by atoms with van der Waals surface area (Å²) in [6.45, 7) is 2.58. The molecule has 1 saturated heterocycles. The molecule has 0 aromatic heterocycles. The first-order valence-electron chi connectivity index (χ1n) is 6.36. The van der Waals surface area contributed by atoms with Crippen molar-refractivity contribution < 1.29 is 9.90 Å². The Kier molecular flexibility index (Phi) is 4.20. The van der Waals surface area contributed by atoms with Crippen LogP contribution in [0.5, 0.6) is 5.75 Å². The molecular weight excluding hydrogens is 228 g/mol. The van der Waals surface area contributed by atoms with Crippen molar-refractivity contribution >= 4 is 5.91 Å². The Morgan fingerprint density at radius 3 is 3.06 bits per heavy atom. The topological polar surface area (TPSA) is 52.6 Å². The monoisotopic (exact) mass is 248 g/mol. The van der Waals surface area contributed by atoms with Gasteiger partial charge >= 0.3 is 0 Å². The van der Waals surface area contributed by atoms with E-state index in [-0.39, 0.29) is 11.7 Å². The number of amides is 1. The third-order valence-electron chi connectivity index (χ3n) is 3.36. The van der Waals surface area contributed by atoms with E-state index in [1.54, 1.807) is 18.2 Å². The number of phenols is 1. The highest BCUT2D eigenvalue weighted by Gasteiger charge is 2.21. The predicted octanol–water partition coefficient (Wildman–Crippen LogP) is 1.35. The maximum absolute atomic E-state index is 11.8. The average Bonchev–Trinajstić information content (AvgIpc) is 2.72. The molecule has 1 aliphatic heterocycles. The number of hydrogen-bond donors (Lipinski definition) is 2. The van der Waals surface area contributed by atoms with Crippen molar-refractivity contribution in [3.63, 3.8) is 0 Å². The van der Waals surface area contributed by atoms with Crippen LogP contribution < -0.4 is 5.32 Å². The van der Waals surface area contributed by atoms with Gasteiger partial charge in [-0.25, -0.2) is 0 Å². The lowest BCUT2D eigenvalue weighted by Crippen LogP contribution is -2.26. The largest absolute Gasteiger partial charge is 0.508 e. The maximum atomic E-state index is 11.8. The molecule has 0 spiro atoms. The Morgan fingerprint density at radius 2 is 2.39 bits per heavy atom. The van der Waals surface area contributed by atoms with Crippen molar-refractivity contribution in [2.75, 3.05) is 20.1 Å². The number of benzene rings is 1. The predicted molar refractivity (Wildman–Crippen MR) is 70.2 cm³/mol. The van der Waals surface area contributed by atoms with E-state index in [1.807, 2.05) is 6.07 Å². The number of rotatable bonds is 4. The summed E-state index contributed by atoms with van der Waals surface area (Å²) >= 11 is 0. The Labute approximate surface area is 108 Å². The first kappa shape index (κ1) is 12.9. The summed E-state index contributed by atoms with van der Waals surface area (Å²) < 4.78 is 0. The number of aromatic hydroxyl groups is 1. The van der Waals surface area contributed by atoms with E-state index in [4.69, 9.17) is 0 Å². The zero-order valence-electron chi connectivity index (χ0n) is 10.7. The number of carbonyl (C=O) groups is 1. The standard InChI is InChI=1S/C14H20N2O2/c1-16-6-5-12(10-16)8-14(18)15-9-11-3-2-4-13(17)7-11/h2-4,7,12,17H,5-6,8-10H2,1H3,(H,15,18)/t12-/m0/s1. The van der Waals surface area contributed by atoms with Crippen LogP contribution in [-0.2, 0) is 11.3 Å². The van der Waals surface area contributed by atoms with Gasteiger partial charge in [0.05, 0.1) is 0 Å². The summed E-state index contributed by atoms with van der Waals surface area (Å²) in [4.78, 5) is 14.0. The molecule has 0 bridgehead atoms. The molecule has 1 fully saturated rings. The molecule has 18 heavy (non-hydrogen) atoms. The number of likely N-dealkylation sites (tertiary alicyclic amines) is 1. The van der Waals surface area contributed by atoms with Crippen molar-refractivity contribution in [2.45, 2.75) is 19.4 Å². The lowest BCUT2D eigenvalue weighted by atomic mass is 10.0. The second-order valence-corrected chi connectivity index (χ2v) is 5.07. The number of phenolic OH excluding ortho intramolecular Hbond substituents is 1. The van der Waals surface area contributed by atoms with E-state index in [1.165, 1.54) is 0 Å². The van der Waals surface area contributed by atoms with Gasteiger partial charge in [-0.3, -0.25) is 4.79 Å².